The molecule has 1 amide bonds. The molecule has 2 aromatic carbocycles. The molecule has 0 saturated carbocycles. The summed E-state index contributed by atoms with van der Waals surface area (Å²) in [7, 11) is -2.14. The van der Waals surface area contributed by atoms with E-state index in [0.717, 1.165) is 21.2 Å². The van der Waals surface area contributed by atoms with E-state index in [1.54, 1.807) is 49.0 Å². The topological polar surface area (TPSA) is 75.7 Å². The van der Waals surface area contributed by atoms with Crippen LogP contribution >= 0.6 is 11.8 Å². The summed E-state index contributed by atoms with van der Waals surface area (Å²) in [5.74, 6) is 1.07. The Morgan fingerprint density at radius 2 is 1.81 bits per heavy atom. The number of methoxy groups -OCH3 is 1. The van der Waals surface area contributed by atoms with Gasteiger partial charge in [-0.1, -0.05) is 19.1 Å². The average Bonchev–Trinajstić information content (AvgIpc) is 2.63. The fourth-order valence-corrected chi connectivity index (χ4v) is 4.56. The molecule has 2 rings (SSSR count). The van der Waals surface area contributed by atoms with Gasteiger partial charge in [-0.3, -0.25) is 9.10 Å². The maximum Gasteiger partial charge on any atom is 0.248 e. The van der Waals surface area contributed by atoms with Gasteiger partial charge in [0.05, 0.1) is 24.7 Å². The summed E-state index contributed by atoms with van der Waals surface area (Å²) in [5.41, 5.74) is 1.07. The molecule has 0 saturated heterocycles. The molecule has 27 heavy (non-hydrogen) atoms. The van der Waals surface area contributed by atoms with Gasteiger partial charge in [-0.15, -0.1) is 11.8 Å². The van der Waals surface area contributed by atoms with Gasteiger partial charge in [-0.2, -0.15) is 0 Å². The number of rotatable bonds is 8. The van der Waals surface area contributed by atoms with Gasteiger partial charge in [0.1, 0.15) is 11.8 Å². The van der Waals surface area contributed by atoms with Crippen molar-refractivity contribution in [3.05, 3.63) is 48.5 Å². The number of carbonyl (C=O) groups excluding carboxylic acids is 1. The van der Waals surface area contributed by atoms with Crippen molar-refractivity contribution in [3.8, 4) is 5.75 Å². The largest absolute Gasteiger partial charge is 0.497 e. The van der Waals surface area contributed by atoms with Gasteiger partial charge in [-0.25, -0.2) is 8.42 Å². The number of amides is 1. The molecule has 1 atom stereocenters. The summed E-state index contributed by atoms with van der Waals surface area (Å²) in [4.78, 5) is 13.7. The van der Waals surface area contributed by atoms with Crippen molar-refractivity contribution in [2.45, 2.75) is 24.8 Å². The van der Waals surface area contributed by atoms with Crippen molar-refractivity contribution >= 4 is 39.1 Å². The van der Waals surface area contributed by atoms with Crippen LogP contribution in [0.2, 0.25) is 0 Å². The molecule has 2 aromatic rings. The smallest absolute Gasteiger partial charge is 0.248 e. The van der Waals surface area contributed by atoms with Crippen LogP contribution < -0.4 is 14.4 Å². The molecule has 0 heterocycles. The zero-order valence-electron chi connectivity index (χ0n) is 15.8. The molecular weight excluding hydrogens is 384 g/mol. The number of nitrogens with zero attached hydrogens (tertiary/aromatic N) is 1. The number of thioether (sulfide) groups is 1. The Kier molecular flexibility index (Phi) is 7.15. The summed E-state index contributed by atoms with van der Waals surface area (Å²) >= 11 is 1.61. The Labute approximate surface area is 165 Å². The number of carbonyl (C=O) groups is 1. The highest BCUT2D eigenvalue weighted by Crippen LogP contribution is 2.28. The minimum absolute atomic E-state index is 0.400. The molecule has 8 heteroatoms. The monoisotopic (exact) mass is 408 g/mol. The lowest BCUT2D eigenvalue weighted by Crippen LogP contribution is -2.45. The molecule has 0 fully saturated rings. The number of hydrogen-bond acceptors (Lipinski definition) is 5. The lowest BCUT2D eigenvalue weighted by atomic mass is 10.2. The van der Waals surface area contributed by atoms with Crippen LogP contribution in [0.5, 0.6) is 5.75 Å². The van der Waals surface area contributed by atoms with Crippen molar-refractivity contribution in [3.63, 3.8) is 0 Å². The first-order valence-corrected chi connectivity index (χ1v) is 11.3. The molecule has 0 radical (unpaired) electrons. The minimum atomic E-state index is -3.67. The Morgan fingerprint density at radius 1 is 1.19 bits per heavy atom. The molecule has 0 spiro atoms. The normalized spacial score (nSPS) is 12.3. The first kappa shape index (κ1) is 21.1. The highest BCUT2D eigenvalue weighted by atomic mass is 32.2. The standard InChI is InChI=1S/C19H24N2O4S2/c1-5-26-18-9-7-6-8-17(18)20-19(22)14(2)21(27(4,23)24)15-10-12-16(25-3)13-11-15/h6-14H,5H2,1-4H3,(H,20,22). The van der Waals surface area contributed by atoms with Crippen molar-refractivity contribution in [2.75, 3.05) is 28.7 Å². The zero-order valence-corrected chi connectivity index (χ0v) is 17.4. The summed E-state index contributed by atoms with van der Waals surface area (Å²) in [5, 5.41) is 2.85. The number of anilines is 2. The zero-order chi connectivity index (χ0) is 20.0. The number of hydrogen-bond donors (Lipinski definition) is 1. The van der Waals surface area contributed by atoms with Crippen LogP contribution in [0, 0.1) is 0 Å². The molecule has 1 N–H and O–H groups in total. The van der Waals surface area contributed by atoms with Crippen LogP contribution in [0.1, 0.15) is 13.8 Å². The first-order chi connectivity index (χ1) is 12.8. The Hall–Kier alpha value is -2.19. The number of sulfonamides is 1. The highest BCUT2D eigenvalue weighted by molar-refractivity contribution is 7.99. The molecule has 0 aliphatic heterocycles. The summed E-state index contributed by atoms with van der Waals surface area (Å²) in [6.07, 6.45) is 1.09. The van der Waals surface area contributed by atoms with E-state index in [1.807, 2.05) is 25.1 Å². The summed E-state index contributed by atoms with van der Waals surface area (Å²) in [6.45, 7) is 3.59. The fraction of sp³-hybridized carbons (Fsp3) is 0.316. The maximum atomic E-state index is 12.8. The van der Waals surface area contributed by atoms with Gasteiger partial charge in [-0.05, 0) is 49.1 Å². The third-order valence-corrected chi connectivity index (χ3v) is 6.06. The first-order valence-electron chi connectivity index (χ1n) is 8.44. The summed E-state index contributed by atoms with van der Waals surface area (Å²) in [6, 6.07) is 13.1. The number of benzene rings is 2. The third kappa shape index (κ3) is 5.40. The molecule has 146 valence electrons. The second kappa shape index (κ2) is 9.14. The van der Waals surface area contributed by atoms with Crippen molar-refractivity contribution in [1.82, 2.24) is 0 Å². The van der Waals surface area contributed by atoms with Crippen LogP contribution in [0.15, 0.2) is 53.4 Å². The predicted molar refractivity (Wildman–Crippen MR) is 111 cm³/mol. The Morgan fingerprint density at radius 3 is 2.37 bits per heavy atom. The predicted octanol–water partition coefficient (Wildman–Crippen LogP) is 3.60. The molecular formula is C19H24N2O4S2. The molecule has 1 unspecified atom stereocenters. The van der Waals surface area contributed by atoms with E-state index < -0.39 is 22.0 Å². The summed E-state index contributed by atoms with van der Waals surface area (Å²) < 4.78 is 30.9. The van der Waals surface area contributed by atoms with E-state index in [4.69, 9.17) is 4.74 Å². The van der Waals surface area contributed by atoms with Crippen LogP contribution in [-0.4, -0.2) is 39.5 Å². The molecule has 0 bridgehead atoms. The van der Waals surface area contributed by atoms with Crippen LogP contribution in [0.4, 0.5) is 11.4 Å². The Bertz CT molecular complexity index is 883. The SMILES string of the molecule is CCSc1ccccc1NC(=O)C(C)N(c1ccc(OC)cc1)S(C)(=O)=O. The second-order valence-corrected chi connectivity index (χ2v) is 9.02. The molecule has 0 aliphatic rings. The maximum absolute atomic E-state index is 12.8. The van der Waals surface area contributed by atoms with E-state index in [9.17, 15) is 13.2 Å². The van der Waals surface area contributed by atoms with Gasteiger partial charge >= 0.3 is 0 Å². The molecule has 0 aromatic heterocycles. The average molecular weight is 409 g/mol. The highest BCUT2D eigenvalue weighted by Gasteiger charge is 2.29. The second-order valence-electron chi connectivity index (χ2n) is 5.85. The van der Waals surface area contributed by atoms with Crippen molar-refractivity contribution in [2.24, 2.45) is 0 Å². The lowest BCUT2D eigenvalue weighted by Gasteiger charge is -2.28. The van der Waals surface area contributed by atoms with Crippen LogP contribution in [0.25, 0.3) is 0 Å². The Balaban J connectivity index is 2.30. The van der Waals surface area contributed by atoms with Crippen molar-refractivity contribution < 1.29 is 17.9 Å². The van der Waals surface area contributed by atoms with Gasteiger partial charge in [0.2, 0.25) is 15.9 Å². The minimum Gasteiger partial charge on any atom is -0.497 e. The van der Waals surface area contributed by atoms with Crippen LogP contribution in [0.3, 0.4) is 0 Å². The number of para-hydroxylation sites is 1. The molecule has 0 aliphatic carbocycles. The third-order valence-electron chi connectivity index (χ3n) is 3.86. The van der Waals surface area contributed by atoms with E-state index in [2.05, 4.69) is 5.32 Å². The van der Waals surface area contributed by atoms with Crippen LogP contribution in [-0.2, 0) is 14.8 Å². The quantitative estimate of drug-likeness (QED) is 0.676. The van der Waals surface area contributed by atoms with Gasteiger partial charge < -0.3 is 10.1 Å². The van der Waals surface area contributed by atoms with Crippen molar-refractivity contribution in [1.29, 1.82) is 0 Å². The van der Waals surface area contributed by atoms with Gasteiger partial charge in [0.25, 0.3) is 0 Å². The number of ether oxygens (including phenoxy) is 1. The fourth-order valence-electron chi connectivity index (χ4n) is 2.63. The van der Waals surface area contributed by atoms with E-state index >= 15 is 0 Å². The van der Waals surface area contributed by atoms with E-state index in [-0.39, 0.29) is 0 Å². The molecule has 6 nitrogen and oxygen atoms in total. The lowest BCUT2D eigenvalue weighted by molar-refractivity contribution is -0.116. The number of nitrogens with one attached hydrogen (secondary N) is 1. The van der Waals surface area contributed by atoms with E-state index in [0.29, 0.717) is 17.1 Å². The van der Waals surface area contributed by atoms with Gasteiger partial charge in [0, 0.05) is 4.90 Å². The van der Waals surface area contributed by atoms with Gasteiger partial charge in [0.15, 0.2) is 0 Å². The van der Waals surface area contributed by atoms with E-state index in [1.165, 1.54) is 7.11 Å².